The molecule has 88 valence electrons. The predicted molar refractivity (Wildman–Crippen MR) is 64.3 cm³/mol. The third kappa shape index (κ3) is 3.57. The summed E-state index contributed by atoms with van der Waals surface area (Å²) >= 11 is 1.66. The summed E-state index contributed by atoms with van der Waals surface area (Å²) < 4.78 is 0. The number of hydrogen-bond acceptors (Lipinski definition) is 4. The first-order valence-electron chi connectivity index (χ1n) is 5.65. The van der Waals surface area contributed by atoms with E-state index in [1.165, 1.54) is 0 Å². The van der Waals surface area contributed by atoms with E-state index in [1.807, 2.05) is 6.92 Å². The van der Waals surface area contributed by atoms with Gasteiger partial charge in [0.15, 0.2) is 0 Å². The van der Waals surface area contributed by atoms with Crippen LogP contribution in [0.4, 0.5) is 0 Å². The molecule has 16 heavy (non-hydrogen) atoms. The topological polar surface area (TPSA) is 54.0 Å². The van der Waals surface area contributed by atoms with Gasteiger partial charge in [-0.05, 0) is 19.8 Å². The van der Waals surface area contributed by atoms with Crippen LogP contribution >= 0.6 is 11.3 Å². The zero-order valence-corrected chi connectivity index (χ0v) is 10.3. The molecule has 2 rings (SSSR count). The quantitative estimate of drug-likeness (QED) is 0.730. The van der Waals surface area contributed by atoms with Crippen molar-refractivity contribution in [2.75, 3.05) is 13.1 Å². The second kappa shape index (κ2) is 5.41. The second-order valence-corrected chi connectivity index (χ2v) is 5.16. The lowest BCUT2D eigenvalue weighted by atomic mass is 10.4. The van der Waals surface area contributed by atoms with Crippen molar-refractivity contribution >= 4 is 17.2 Å². The zero-order valence-electron chi connectivity index (χ0n) is 9.45. The molecule has 0 aromatic carbocycles. The van der Waals surface area contributed by atoms with Gasteiger partial charge in [0.05, 0.1) is 10.7 Å². The third-order valence-corrected chi connectivity index (χ3v) is 3.34. The molecule has 0 radical (unpaired) electrons. The molecule has 1 aliphatic carbocycles. The predicted octanol–water partition coefficient (Wildman–Crippen LogP) is 1.07. The van der Waals surface area contributed by atoms with Crippen LogP contribution in [0.5, 0.6) is 0 Å². The van der Waals surface area contributed by atoms with Gasteiger partial charge in [0.25, 0.3) is 0 Å². The van der Waals surface area contributed by atoms with Crippen molar-refractivity contribution in [2.45, 2.75) is 26.3 Å². The Labute approximate surface area is 99.5 Å². The molecule has 0 spiro atoms. The van der Waals surface area contributed by atoms with Crippen molar-refractivity contribution in [3.63, 3.8) is 0 Å². The molecule has 0 unspecified atom stereocenters. The number of aromatic nitrogens is 1. The van der Waals surface area contributed by atoms with E-state index in [0.717, 1.165) is 36.6 Å². The summed E-state index contributed by atoms with van der Waals surface area (Å²) in [6.07, 6.45) is 2.13. The van der Waals surface area contributed by atoms with E-state index in [1.54, 1.807) is 11.3 Å². The molecule has 1 aromatic rings. The molecule has 1 aliphatic rings. The lowest BCUT2D eigenvalue weighted by Gasteiger charge is -2.04. The number of rotatable bonds is 6. The Morgan fingerprint density at radius 1 is 1.56 bits per heavy atom. The molecule has 5 heteroatoms. The van der Waals surface area contributed by atoms with Crippen LogP contribution in [0.3, 0.4) is 0 Å². The van der Waals surface area contributed by atoms with Crippen molar-refractivity contribution in [1.82, 2.24) is 15.6 Å². The van der Waals surface area contributed by atoms with Crippen LogP contribution < -0.4 is 10.6 Å². The zero-order chi connectivity index (χ0) is 11.4. The van der Waals surface area contributed by atoms with E-state index in [-0.39, 0.29) is 5.91 Å². The van der Waals surface area contributed by atoms with Gasteiger partial charge in [-0.2, -0.15) is 0 Å². The highest BCUT2D eigenvalue weighted by atomic mass is 32.1. The summed E-state index contributed by atoms with van der Waals surface area (Å²) in [4.78, 5) is 15.6. The Hall–Kier alpha value is -0.940. The lowest BCUT2D eigenvalue weighted by Crippen LogP contribution is -2.32. The number of carbonyl (C=O) groups is 1. The van der Waals surface area contributed by atoms with Crippen LogP contribution in [-0.2, 0) is 11.3 Å². The summed E-state index contributed by atoms with van der Waals surface area (Å²) in [5.41, 5.74) is 1.08. The fourth-order valence-electron chi connectivity index (χ4n) is 1.47. The van der Waals surface area contributed by atoms with E-state index in [4.69, 9.17) is 0 Å². The Kier molecular flexibility index (Phi) is 3.90. The minimum Gasteiger partial charge on any atom is -0.355 e. The van der Waals surface area contributed by atoms with E-state index < -0.39 is 0 Å². The molecule has 1 saturated carbocycles. The first-order valence-corrected chi connectivity index (χ1v) is 6.53. The smallest absolute Gasteiger partial charge is 0.223 e. The van der Waals surface area contributed by atoms with Crippen LogP contribution in [0.15, 0.2) is 5.38 Å². The normalized spacial score (nSPS) is 15.1. The molecular formula is C11H17N3OS. The van der Waals surface area contributed by atoms with Gasteiger partial charge in [0.1, 0.15) is 0 Å². The number of hydrogen-bond donors (Lipinski definition) is 2. The SMILES string of the molecule is Cc1nc(CNCCNC(=O)C2CC2)cs1. The van der Waals surface area contributed by atoms with Crippen molar-refractivity contribution in [1.29, 1.82) is 0 Å². The van der Waals surface area contributed by atoms with Crippen LogP contribution in [0.2, 0.25) is 0 Å². The minimum absolute atomic E-state index is 0.214. The number of carbonyl (C=O) groups excluding carboxylic acids is 1. The molecule has 4 nitrogen and oxygen atoms in total. The standard InChI is InChI=1S/C11H17N3OS/c1-8-14-10(7-16-8)6-12-4-5-13-11(15)9-2-3-9/h7,9,12H,2-6H2,1H3,(H,13,15). The molecule has 1 aromatic heterocycles. The third-order valence-electron chi connectivity index (χ3n) is 2.52. The van der Waals surface area contributed by atoms with Crippen molar-refractivity contribution in [3.05, 3.63) is 16.1 Å². The first kappa shape index (κ1) is 11.5. The van der Waals surface area contributed by atoms with E-state index >= 15 is 0 Å². The summed E-state index contributed by atoms with van der Waals surface area (Å²) in [6.45, 7) is 4.29. The number of nitrogens with one attached hydrogen (secondary N) is 2. The van der Waals surface area contributed by atoms with Gasteiger partial charge in [0, 0.05) is 30.9 Å². The maximum Gasteiger partial charge on any atom is 0.223 e. The average molecular weight is 239 g/mol. The van der Waals surface area contributed by atoms with Gasteiger partial charge in [-0.25, -0.2) is 4.98 Å². The van der Waals surface area contributed by atoms with E-state index in [2.05, 4.69) is 21.0 Å². The van der Waals surface area contributed by atoms with Crippen LogP contribution in [-0.4, -0.2) is 24.0 Å². The molecule has 2 N–H and O–H groups in total. The van der Waals surface area contributed by atoms with Gasteiger partial charge in [0.2, 0.25) is 5.91 Å². The lowest BCUT2D eigenvalue weighted by molar-refractivity contribution is -0.122. The molecule has 0 aliphatic heterocycles. The summed E-state index contributed by atoms with van der Waals surface area (Å²) in [5.74, 6) is 0.521. The second-order valence-electron chi connectivity index (χ2n) is 4.10. The Bertz CT molecular complexity index is 360. The van der Waals surface area contributed by atoms with Crippen molar-refractivity contribution in [2.24, 2.45) is 5.92 Å². The monoisotopic (exact) mass is 239 g/mol. The molecule has 0 saturated heterocycles. The number of aryl methyl sites for hydroxylation is 1. The number of nitrogens with zero attached hydrogens (tertiary/aromatic N) is 1. The van der Waals surface area contributed by atoms with Crippen LogP contribution in [0.1, 0.15) is 23.5 Å². The van der Waals surface area contributed by atoms with Crippen LogP contribution in [0, 0.1) is 12.8 Å². The van der Waals surface area contributed by atoms with Crippen LogP contribution in [0.25, 0.3) is 0 Å². The van der Waals surface area contributed by atoms with E-state index in [0.29, 0.717) is 12.5 Å². The van der Waals surface area contributed by atoms with Gasteiger partial charge in [-0.15, -0.1) is 11.3 Å². The molecule has 1 heterocycles. The van der Waals surface area contributed by atoms with Crippen molar-refractivity contribution in [3.8, 4) is 0 Å². The number of thiazole rings is 1. The summed E-state index contributed by atoms with van der Waals surface area (Å²) in [5, 5.41) is 9.33. The minimum atomic E-state index is 0.214. The maximum absolute atomic E-state index is 11.3. The number of amides is 1. The molecule has 1 amide bonds. The molecule has 1 fully saturated rings. The molecule has 0 atom stereocenters. The average Bonchev–Trinajstić information content (AvgIpc) is 3.03. The molecular weight excluding hydrogens is 222 g/mol. The van der Waals surface area contributed by atoms with Crippen molar-refractivity contribution < 1.29 is 4.79 Å². The fourth-order valence-corrected chi connectivity index (χ4v) is 2.08. The highest BCUT2D eigenvalue weighted by molar-refractivity contribution is 7.09. The first-order chi connectivity index (χ1) is 7.75. The summed E-state index contributed by atoms with van der Waals surface area (Å²) in [7, 11) is 0. The maximum atomic E-state index is 11.3. The highest BCUT2D eigenvalue weighted by Crippen LogP contribution is 2.28. The molecule has 0 bridgehead atoms. The van der Waals surface area contributed by atoms with Gasteiger partial charge in [-0.1, -0.05) is 0 Å². The van der Waals surface area contributed by atoms with Gasteiger partial charge < -0.3 is 10.6 Å². The Morgan fingerprint density at radius 3 is 3.00 bits per heavy atom. The largest absolute Gasteiger partial charge is 0.355 e. The highest BCUT2D eigenvalue weighted by Gasteiger charge is 2.28. The fraction of sp³-hybridized carbons (Fsp3) is 0.636. The Balaban J connectivity index is 1.53. The van der Waals surface area contributed by atoms with Gasteiger partial charge >= 0.3 is 0 Å². The van der Waals surface area contributed by atoms with Gasteiger partial charge in [-0.3, -0.25) is 4.79 Å². The summed E-state index contributed by atoms with van der Waals surface area (Å²) in [6, 6.07) is 0. The Morgan fingerprint density at radius 2 is 2.38 bits per heavy atom. The van der Waals surface area contributed by atoms with E-state index in [9.17, 15) is 4.79 Å².